The van der Waals surface area contributed by atoms with Crippen molar-refractivity contribution in [2.75, 3.05) is 5.32 Å². The highest BCUT2D eigenvalue weighted by Crippen LogP contribution is 2.24. The minimum Gasteiger partial charge on any atom is -0.475 e. The third-order valence-corrected chi connectivity index (χ3v) is 2.94. The van der Waals surface area contributed by atoms with Crippen LogP contribution in [0.3, 0.4) is 0 Å². The predicted molar refractivity (Wildman–Crippen MR) is 71.8 cm³/mol. The van der Waals surface area contributed by atoms with Crippen LogP contribution in [-0.4, -0.2) is 32.3 Å². The predicted octanol–water partition coefficient (Wildman–Crippen LogP) is 2.23. The van der Waals surface area contributed by atoms with E-state index in [-0.39, 0.29) is 6.10 Å². The minimum absolute atomic E-state index is 0.0649. The number of aromatic nitrogens is 2. The van der Waals surface area contributed by atoms with Crippen molar-refractivity contribution >= 4 is 5.95 Å². The first-order valence-electron chi connectivity index (χ1n) is 6.12. The lowest BCUT2D eigenvalue weighted by atomic mass is 9.86. The molecule has 0 unspecified atom stereocenters. The fourth-order valence-corrected chi connectivity index (χ4v) is 1.14. The van der Waals surface area contributed by atoms with Crippen LogP contribution in [0.25, 0.3) is 0 Å². The Kier molecular flexibility index (Phi) is 4.16. The van der Waals surface area contributed by atoms with Crippen molar-refractivity contribution in [2.45, 2.75) is 58.8 Å². The Labute approximate surface area is 109 Å². The van der Waals surface area contributed by atoms with E-state index in [4.69, 9.17) is 4.74 Å². The maximum atomic E-state index is 10.1. The third kappa shape index (κ3) is 3.84. The molecule has 0 radical (unpaired) electrons. The second kappa shape index (κ2) is 5.10. The Morgan fingerprint density at radius 3 is 2.39 bits per heavy atom. The first-order chi connectivity index (χ1) is 8.12. The normalized spacial score (nSPS) is 12.7. The van der Waals surface area contributed by atoms with E-state index in [1.165, 1.54) is 0 Å². The van der Waals surface area contributed by atoms with Gasteiger partial charge in [0.1, 0.15) is 0 Å². The van der Waals surface area contributed by atoms with Crippen molar-refractivity contribution in [3.05, 3.63) is 12.3 Å². The Balaban J connectivity index is 2.85. The van der Waals surface area contributed by atoms with E-state index in [0.717, 1.165) is 0 Å². The van der Waals surface area contributed by atoms with Gasteiger partial charge >= 0.3 is 0 Å². The number of ether oxygens (including phenoxy) is 1. The number of rotatable bonds is 5. The molecule has 0 atom stereocenters. The summed E-state index contributed by atoms with van der Waals surface area (Å²) in [5, 5.41) is 13.2. The highest BCUT2D eigenvalue weighted by molar-refractivity contribution is 5.32. The summed E-state index contributed by atoms with van der Waals surface area (Å²) >= 11 is 0. The lowest BCUT2D eigenvalue weighted by molar-refractivity contribution is 0.0236. The van der Waals surface area contributed by atoms with Gasteiger partial charge in [0.25, 0.3) is 0 Å². The van der Waals surface area contributed by atoms with Gasteiger partial charge in [-0.3, -0.25) is 0 Å². The summed E-state index contributed by atoms with van der Waals surface area (Å²) in [5.74, 6) is 0.967. The average molecular weight is 253 g/mol. The molecule has 0 aliphatic carbocycles. The first-order valence-corrected chi connectivity index (χ1v) is 6.12. The minimum atomic E-state index is -0.898. The topological polar surface area (TPSA) is 67.3 Å². The van der Waals surface area contributed by atoms with Gasteiger partial charge in [0.15, 0.2) is 0 Å². The molecule has 0 spiro atoms. The zero-order valence-electron chi connectivity index (χ0n) is 12.0. The molecule has 1 rings (SSSR count). The van der Waals surface area contributed by atoms with Crippen LogP contribution in [0.1, 0.15) is 41.5 Å². The Morgan fingerprint density at radius 1 is 1.28 bits per heavy atom. The molecule has 0 aliphatic rings. The molecule has 0 aromatic carbocycles. The number of nitrogens with zero attached hydrogens (tertiary/aromatic N) is 2. The van der Waals surface area contributed by atoms with Crippen LogP contribution in [0.5, 0.6) is 5.88 Å². The molecule has 1 aromatic rings. The molecule has 0 saturated carbocycles. The van der Waals surface area contributed by atoms with Crippen LogP contribution < -0.4 is 10.1 Å². The first kappa shape index (κ1) is 14.7. The summed E-state index contributed by atoms with van der Waals surface area (Å²) in [6.07, 6.45) is 1.70. The van der Waals surface area contributed by atoms with E-state index in [1.54, 1.807) is 26.1 Å². The average Bonchev–Trinajstić information content (AvgIpc) is 2.14. The van der Waals surface area contributed by atoms with Crippen LogP contribution in [-0.2, 0) is 0 Å². The van der Waals surface area contributed by atoms with Crippen molar-refractivity contribution in [2.24, 2.45) is 0 Å². The van der Waals surface area contributed by atoms with E-state index in [9.17, 15) is 5.11 Å². The number of anilines is 1. The van der Waals surface area contributed by atoms with Gasteiger partial charge in [-0.15, -0.1) is 0 Å². The van der Waals surface area contributed by atoms with Gasteiger partial charge in [-0.1, -0.05) is 0 Å². The molecule has 0 aliphatic heterocycles. The zero-order chi connectivity index (χ0) is 14.0. The number of nitrogens with one attached hydrogen (secondary N) is 1. The fraction of sp³-hybridized carbons (Fsp3) is 0.692. The monoisotopic (exact) mass is 253 g/mol. The highest BCUT2D eigenvalue weighted by atomic mass is 16.5. The summed E-state index contributed by atoms with van der Waals surface area (Å²) in [5.41, 5.74) is -1.45. The molecule has 5 heteroatoms. The molecule has 18 heavy (non-hydrogen) atoms. The fourth-order valence-electron chi connectivity index (χ4n) is 1.14. The van der Waals surface area contributed by atoms with Gasteiger partial charge in [0, 0.05) is 12.3 Å². The molecule has 102 valence electrons. The number of hydrogen-bond acceptors (Lipinski definition) is 5. The molecular weight excluding hydrogens is 230 g/mol. The van der Waals surface area contributed by atoms with Crippen molar-refractivity contribution in [3.8, 4) is 5.88 Å². The van der Waals surface area contributed by atoms with Crippen LogP contribution in [0.15, 0.2) is 12.3 Å². The van der Waals surface area contributed by atoms with Crippen LogP contribution in [0.4, 0.5) is 5.95 Å². The Morgan fingerprint density at radius 2 is 1.89 bits per heavy atom. The van der Waals surface area contributed by atoms with E-state index in [1.807, 2.05) is 27.7 Å². The molecule has 1 heterocycles. The van der Waals surface area contributed by atoms with Gasteiger partial charge in [-0.25, -0.2) is 4.98 Å². The SMILES string of the molecule is CC(C)Oc1ccnc(NC(C)(C)C(C)(C)O)n1. The molecule has 5 nitrogen and oxygen atoms in total. The smallest absolute Gasteiger partial charge is 0.226 e. The van der Waals surface area contributed by atoms with Crippen LogP contribution in [0, 0.1) is 0 Å². The summed E-state index contributed by atoms with van der Waals surface area (Å²) in [6, 6.07) is 1.71. The summed E-state index contributed by atoms with van der Waals surface area (Å²) in [6.45, 7) is 11.2. The Hall–Kier alpha value is -1.36. The maximum absolute atomic E-state index is 10.1. The molecule has 1 aromatic heterocycles. The maximum Gasteiger partial charge on any atom is 0.226 e. The van der Waals surface area contributed by atoms with E-state index < -0.39 is 11.1 Å². The summed E-state index contributed by atoms with van der Waals surface area (Å²) in [4.78, 5) is 8.39. The van der Waals surface area contributed by atoms with Gasteiger partial charge in [0.2, 0.25) is 11.8 Å². The second-order valence-corrected chi connectivity index (χ2v) is 5.69. The molecule has 0 bridgehead atoms. The van der Waals surface area contributed by atoms with Crippen molar-refractivity contribution in [3.63, 3.8) is 0 Å². The Bertz CT molecular complexity index is 397. The van der Waals surface area contributed by atoms with Crippen LogP contribution in [0.2, 0.25) is 0 Å². The van der Waals surface area contributed by atoms with Crippen LogP contribution >= 0.6 is 0 Å². The molecular formula is C13H23N3O2. The van der Waals surface area contributed by atoms with Crippen molar-refractivity contribution in [1.29, 1.82) is 0 Å². The quantitative estimate of drug-likeness (QED) is 0.842. The molecule has 0 saturated heterocycles. The third-order valence-electron chi connectivity index (χ3n) is 2.94. The zero-order valence-corrected chi connectivity index (χ0v) is 12.0. The van der Waals surface area contributed by atoms with Gasteiger partial charge < -0.3 is 15.2 Å². The van der Waals surface area contributed by atoms with Gasteiger partial charge in [0.05, 0.1) is 17.2 Å². The second-order valence-electron chi connectivity index (χ2n) is 5.69. The van der Waals surface area contributed by atoms with E-state index >= 15 is 0 Å². The summed E-state index contributed by atoms with van der Waals surface area (Å²) in [7, 11) is 0. The highest BCUT2D eigenvalue weighted by Gasteiger charge is 2.35. The molecule has 0 fully saturated rings. The van der Waals surface area contributed by atoms with Gasteiger partial charge in [-0.05, 0) is 41.5 Å². The van der Waals surface area contributed by atoms with E-state index in [2.05, 4.69) is 15.3 Å². The number of aliphatic hydroxyl groups is 1. The van der Waals surface area contributed by atoms with Crippen molar-refractivity contribution in [1.82, 2.24) is 9.97 Å². The largest absolute Gasteiger partial charge is 0.475 e. The molecule has 0 amide bonds. The summed E-state index contributed by atoms with van der Waals surface area (Å²) < 4.78 is 5.50. The van der Waals surface area contributed by atoms with Crippen molar-refractivity contribution < 1.29 is 9.84 Å². The number of hydrogen-bond donors (Lipinski definition) is 2. The van der Waals surface area contributed by atoms with Gasteiger partial charge in [-0.2, -0.15) is 4.98 Å². The molecule has 2 N–H and O–H groups in total. The lowest BCUT2D eigenvalue weighted by Crippen LogP contribution is -2.51. The lowest BCUT2D eigenvalue weighted by Gasteiger charge is -2.37. The van der Waals surface area contributed by atoms with E-state index in [0.29, 0.717) is 11.8 Å². The standard InChI is InChI=1S/C13H23N3O2/c1-9(2)18-10-7-8-14-11(15-10)16-12(3,4)13(5,6)17/h7-9,17H,1-6H3,(H,14,15,16).